The van der Waals surface area contributed by atoms with Gasteiger partial charge in [0.05, 0.1) is 22.1 Å². The molecule has 0 saturated carbocycles. The van der Waals surface area contributed by atoms with Gasteiger partial charge in [-0.1, -0.05) is 23.7 Å². The first-order chi connectivity index (χ1) is 11.9. The first-order valence-corrected chi connectivity index (χ1v) is 8.45. The average Bonchev–Trinajstić information content (AvgIpc) is 2.86. The Bertz CT molecular complexity index is 942. The summed E-state index contributed by atoms with van der Waals surface area (Å²) in [6.07, 6.45) is 0. The van der Waals surface area contributed by atoms with E-state index < -0.39 is 0 Å². The quantitative estimate of drug-likeness (QED) is 0.719. The van der Waals surface area contributed by atoms with Crippen LogP contribution in [0.15, 0.2) is 42.5 Å². The van der Waals surface area contributed by atoms with Gasteiger partial charge in [0, 0.05) is 11.3 Å². The number of hydrogen-bond donors (Lipinski definition) is 1. The molecule has 128 valence electrons. The molecule has 1 amide bonds. The lowest BCUT2D eigenvalue weighted by Gasteiger charge is -2.10. The standard InChI is InChI=1S/C20H20ClN3O/c1-12-5-6-13(2)18(11-12)22-20(25)16-7-9-17(10-8-16)24-15(4)19(21)14(3)23-24/h5-11H,1-4H3,(H,22,25). The predicted molar refractivity (Wildman–Crippen MR) is 102 cm³/mol. The van der Waals surface area contributed by atoms with Crippen LogP contribution in [0.3, 0.4) is 0 Å². The third-order valence-electron chi connectivity index (χ3n) is 4.22. The molecule has 5 heteroatoms. The zero-order chi connectivity index (χ0) is 18.1. The minimum atomic E-state index is -0.133. The van der Waals surface area contributed by atoms with Gasteiger partial charge in [-0.05, 0) is 69.2 Å². The Morgan fingerprint density at radius 1 is 1.04 bits per heavy atom. The van der Waals surface area contributed by atoms with Crippen LogP contribution in [0.25, 0.3) is 5.69 Å². The number of benzene rings is 2. The summed E-state index contributed by atoms with van der Waals surface area (Å²) in [5.41, 5.74) is 6.11. The first-order valence-electron chi connectivity index (χ1n) is 8.07. The predicted octanol–water partition coefficient (Wildman–Crippen LogP) is 5.01. The molecule has 3 aromatic rings. The van der Waals surface area contributed by atoms with Crippen molar-refractivity contribution in [3.63, 3.8) is 0 Å². The molecule has 1 aromatic heterocycles. The van der Waals surface area contributed by atoms with Crippen molar-refractivity contribution in [2.45, 2.75) is 27.7 Å². The minimum absolute atomic E-state index is 0.133. The van der Waals surface area contributed by atoms with Gasteiger partial charge in [-0.15, -0.1) is 0 Å². The number of nitrogens with zero attached hydrogens (tertiary/aromatic N) is 2. The van der Waals surface area contributed by atoms with Crippen LogP contribution in [0, 0.1) is 27.7 Å². The molecule has 0 unspecified atom stereocenters. The Balaban J connectivity index is 1.83. The third kappa shape index (κ3) is 3.44. The number of halogens is 1. The SMILES string of the molecule is Cc1ccc(C)c(NC(=O)c2ccc(-n3nc(C)c(Cl)c3C)cc2)c1. The van der Waals surface area contributed by atoms with Crippen molar-refractivity contribution in [2.24, 2.45) is 0 Å². The molecule has 0 atom stereocenters. The summed E-state index contributed by atoms with van der Waals surface area (Å²) < 4.78 is 1.78. The van der Waals surface area contributed by atoms with Crippen molar-refractivity contribution in [2.75, 3.05) is 5.32 Å². The number of nitrogens with one attached hydrogen (secondary N) is 1. The van der Waals surface area contributed by atoms with Crippen molar-refractivity contribution in [1.29, 1.82) is 0 Å². The number of anilines is 1. The highest BCUT2D eigenvalue weighted by Crippen LogP contribution is 2.23. The molecule has 0 radical (unpaired) electrons. The Kier molecular flexibility index (Phi) is 4.64. The molecule has 0 saturated heterocycles. The zero-order valence-corrected chi connectivity index (χ0v) is 15.5. The zero-order valence-electron chi connectivity index (χ0n) is 14.7. The molecule has 0 aliphatic rings. The number of carbonyl (C=O) groups is 1. The molecule has 0 bridgehead atoms. The van der Waals surface area contributed by atoms with E-state index in [1.807, 2.05) is 58.0 Å². The number of carbonyl (C=O) groups excluding carboxylic acids is 1. The van der Waals surface area contributed by atoms with Crippen LogP contribution < -0.4 is 5.32 Å². The number of aryl methyl sites for hydroxylation is 3. The van der Waals surface area contributed by atoms with Crippen LogP contribution in [0.1, 0.15) is 32.9 Å². The monoisotopic (exact) mass is 353 g/mol. The second-order valence-corrected chi connectivity index (χ2v) is 6.59. The van der Waals surface area contributed by atoms with Crippen LogP contribution in [0.2, 0.25) is 5.02 Å². The van der Waals surface area contributed by atoms with E-state index in [0.717, 1.165) is 33.9 Å². The van der Waals surface area contributed by atoms with E-state index in [-0.39, 0.29) is 5.91 Å². The molecule has 0 aliphatic heterocycles. The van der Waals surface area contributed by atoms with Gasteiger partial charge >= 0.3 is 0 Å². The van der Waals surface area contributed by atoms with Gasteiger partial charge in [0.2, 0.25) is 0 Å². The Morgan fingerprint density at radius 3 is 2.32 bits per heavy atom. The summed E-state index contributed by atoms with van der Waals surface area (Å²) in [7, 11) is 0. The van der Waals surface area contributed by atoms with Crippen LogP contribution in [0.4, 0.5) is 5.69 Å². The average molecular weight is 354 g/mol. The molecule has 25 heavy (non-hydrogen) atoms. The van der Waals surface area contributed by atoms with Crippen LogP contribution in [0.5, 0.6) is 0 Å². The van der Waals surface area contributed by atoms with Gasteiger partial charge in [0.1, 0.15) is 0 Å². The van der Waals surface area contributed by atoms with Crippen molar-refractivity contribution in [3.8, 4) is 5.69 Å². The third-order valence-corrected chi connectivity index (χ3v) is 4.77. The van der Waals surface area contributed by atoms with E-state index in [9.17, 15) is 4.79 Å². The van der Waals surface area contributed by atoms with Gasteiger partial charge in [-0.3, -0.25) is 4.79 Å². The van der Waals surface area contributed by atoms with Crippen molar-refractivity contribution in [1.82, 2.24) is 9.78 Å². The smallest absolute Gasteiger partial charge is 0.255 e. The molecule has 4 nitrogen and oxygen atoms in total. The molecule has 2 aromatic carbocycles. The Labute approximate surface area is 152 Å². The highest BCUT2D eigenvalue weighted by atomic mass is 35.5. The van der Waals surface area contributed by atoms with Gasteiger partial charge in [-0.2, -0.15) is 5.10 Å². The topological polar surface area (TPSA) is 46.9 Å². The molecule has 1 heterocycles. The summed E-state index contributed by atoms with van der Waals surface area (Å²) in [6, 6.07) is 13.3. The molecule has 0 spiro atoms. The van der Waals surface area contributed by atoms with E-state index in [0.29, 0.717) is 10.6 Å². The number of aromatic nitrogens is 2. The second kappa shape index (κ2) is 6.73. The van der Waals surface area contributed by atoms with Crippen LogP contribution >= 0.6 is 11.6 Å². The minimum Gasteiger partial charge on any atom is -0.322 e. The summed E-state index contributed by atoms with van der Waals surface area (Å²) >= 11 is 6.20. The Hall–Kier alpha value is -2.59. The van der Waals surface area contributed by atoms with Crippen molar-refractivity contribution >= 4 is 23.2 Å². The van der Waals surface area contributed by atoms with E-state index >= 15 is 0 Å². The van der Waals surface area contributed by atoms with Crippen LogP contribution in [-0.2, 0) is 0 Å². The maximum Gasteiger partial charge on any atom is 0.255 e. The molecular weight excluding hydrogens is 334 g/mol. The normalized spacial score (nSPS) is 10.8. The fourth-order valence-corrected chi connectivity index (χ4v) is 2.81. The largest absolute Gasteiger partial charge is 0.322 e. The lowest BCUT2D eigenvalue weighted by atomic mass is 10.1. The van der Waals surface area contributed by atoms with E-state index in [1.54, 1.807) is 16.8 Å². The summed E-state index contributed by atoms with van der Waals surface area (Å²) in [5.74, 6) is -0.133. The van der Waals surface area contributed by atoms with Gasteiger partial charge in [0.25, 0.3) is 5.91 Å². The molecule has 1 N–H and O–H groups in total. The molecular formula is C20H20ClN3O. The Morgan fingerprint density at radius 2 is 1.72 bits per heavy atom. The van der Waals surface area contributed by atoms with Gasteiger partial charge < -0.3 is 5.32 Å². The number of amides is 1. The summed E-state index contributed by atoms with van der Waals surface area (Å²) in [5, 5.41) is 8.06. The van der Waals surface area contributed by atoms with E-state index in [4.69, 9.17) is 11.6 Å². The van der Waals surface area contributed by atoms with Gasteiger partial charge in [0.15, 0.2) is 0 Å². The summed E-state index contributed by atoms with van der Waals surface area (Å²) in [4.78, 5) is 12.5. The highest BCUT2D eigenvalue weighted by molar-refractivity contribution is 6.31. The number of hydrogen-bond acceptors (Lipinski definition) is 2. The fraction of sp³-hybridized carbons (Fsp3) is 0.200. The van der Waals surface area contributed by atoms with Crippen molar-refractivity contribution in [3.05, 3.63) is 75.6 Å². The first kappa shape index (κ1) is 17.2. The number of rotatable bonds is 3. The van der Waals surface area contributed by atoms with Crippen LogP contribution in [-0.4, -0.2) is 15.7 Å². The fourth-order valence-electron chi connectivity index (χ4n) is 2.69. The van der Waals surface area contributed by atoms with Gasteiger partial charge in [-0.25, -0.2) is 4.68 Å². The lowest BCUT2D eigenvalue weighted by Crippen LogP contribution is -2.13. The second-order valence-electron chi connectivity index (χ2n) is 6.22. The molecule has 3 rings (SSSR count). The maximum absolute atomic E-state index is 12.5. The molecule has 0 aliphatic carbocycles. The maximum atomic E-state index is 12.5. The summed E-state index contributed by atoms with van der Waals surface area (Å²) in [6.45, 7) is 7.77. The van der Waals surface area contributed by atoms with E-state index in [1.165, 1.54) is 0 Å². The molecule has 0 fully saturated rings. The van der Waals surface area contributed by atoms with E-state index in [2.05, 4.69) is 10.4 Å². The lowest BCUT2D eigenvalue weighted by molar-refractivity contribution is 0.102. The highest BCUT2D eigenvalue weighted by Gasteiger charge is 2.12. The van der Waals surface area contributed by atoms with Crippen molar-refractivity contribution < 1.29 is 4.79 Å².